The summed E-state index contributed by atoms with van der Waals surface area (Å²) in [6.07, 6.45) is 2.55. The third kappa shape index (κ3) is 5.37. The van der Waals surface area contributed by atoms with Gasteiger partial charge in [-0.3, -0.25) is 4.79 Å². The molecule has 118 valence electrons. The van der Waals surface area contributed by atoms with Gasteiger partial charge in [-0.2, -0.15) is 0 Å². The van der Waals surface area contributed by atoms with Crippen LogP contribution in [0.5, 0.6) is 11.5 Å². The van der Waals surface area contributed by atoms with Crippen LogP contribution in [0.3, 0.4) is 0 Å². The maximum atomic E-state index is 11.9. The third-order valence-electron chi connectivity index (χ3n) is 3.16. The molecule has 21 heavy (non-hydrogen) atoms. The molecule has 0 spiro atoms. The van der Waals surface area contributed by atoms with Crippen molar-refractivity contribution >= 4 is 39.9 Å². The van der Waals surface area contributed by atoms with Crippen LogP contribution >= 0.6 is 28.3 Å². The van der Waals surface area contributed by atoms with E-state index < -0.39 is 0 Å². The van der Waals surface area contributed by atoms with Gasteiger partial charge in [0.15, 0.2) is 11.5 Å². The molecule has 0 aromatic heterocycles. The molecule has 1 fully saturated rings. The largest absolute Gasteiger partial charge is 0.493 e. The number of methoxy groups -OCH3 is 2. The Morgan fingerprint density at radius 3 is 2.48 bits per heavy atom. The van der Waals surface area contributed by atoms with Crippen LogP contribution in [0, 0.1) is 5.92 Å². The zero-order valence-corrected chi connectivity index (χ0v) is 14.5. The molecule has 2 rings (SSSR count). The molecule has 1 aromatic rings. The second-order valence-corrected chi connectivity index (χ2v) is 5.66. The van der Waals surface area contributed by atoms with Crippen LogP contribution in [0.1, 0.15) is 12.8 Å². The number of halogens is 2. The van der Waals surface area contributed by atoms with E-state index in [0.29, 0.717) is 23.7 Å². The minimum absolute atomic E-state index is 0. The van der Waals surface area contributed by atoms with Crippen LogP contribution in [0.2, 0.25) is 0 Å². The first kappa shape index (κ1) is 18.1. The number of benzene rings is 1. The molecule has 1 aliphatic carbocycles. The Labute approximate surface area is 139 Å². The van der Waals surface area contributed by atoms with Crippen molar-refractivity contribution in [1.29, 1.82) is 0 Å². The van der Waals surface area contributed by atoms with Gasteiger partial charge in [0.25, 0.3) is 0 Å². The molecule has 0 radical (unpaired) electrons. The number of nitrogens with one attached hydrogen (secondary N) is 2. The van der Waals surface area contributed by atoms with Gasteiger partial charge in [-0.25, -0.2) is 0 Å². The van der Waals surface area contributed by atoms with Gasteiger partial charge in [0.2, 0.25) is 5.91 Å². The fourth-order valence-electron chi connectivity index (χ4n) is 1.86. The van der Waals surface area contributed by atoms with Crippen LogP contribution in [-0.4, -0.2) is 33.2 Å². The molecule has 2 N–H and O–H groups in total. The monoisotopic (exact) mass is 378 g/mol. The highest BCUT2D eigenvalue weighted by Crippen LogP contribution is 2.36. The molecule has 0 heterocycles. The molecule has 5 nitrogen and oxygen atoms in total. The molecule has 0 aliphatic heterocycles. The summed E-state index contributed by atoms with van der Waals surface area (Å²) in [5, 5.41) is 6.00. The van der Waals surface area contributed by atoms with Crippen molar-refractivity contribution in [1.82, 2.24) is 5.32 Å². The summed E-state index contributed by atoms with van der Waals surface area (Å²) in [5.74, 6) is 1.88. The second kappa shape index (κ2) is 8.46. The molecule has 0 saturated heterocycles. The number of amides is 1. The van der Waals surface area contributed by atoms with Crippen LogP contribution in [0.4, 0.5) is 5.69 Å². The second-order valence-electron chi connectivity index (χ2n) is 4.81. The van der Waals surface area contributed by atoms with E-state index in [9.17, 15) is 4.79 Å². The van der Waals surface area contributed by atoms with Gasteiger partial charge in [0.05, 0.1) is 26.5 Å². The third-order valence-corrected chi connectivity index (χ3v) is 3.82. The number of carbonyl (C=O) groups excluding carboxylic acids is 1. The van der Waals surface area contributed by atoms with E-state index in [4.69, 9.17) is 9.47 Å². The number of hydrogen-bond acceptors (Lipinski definition) is 4. The first-order valence-electron chi connectivity index (χ1n) is 6.56. The number of ether oxygens (including phenoxy) is 2. The summed E-state index contributed by atoms with van der Waals surface area (Å²) < 4.78 is 11.2. The summed E-state index contributed by atoms with van der Waals surface area (Å²) in [7, 11) is 3.14. The molecule has 0 bridgehead atoms. The van der Waals surface area contributed by atoms with Crippen LogP contribution in [0.15, 0.2) is 16.6 Å². The van der Waals surface area contributed by atoms with E-state index in [1.807, 2.05) is 0 Å². The van der Waals surface area contributed by atoms with Gasteiger partial charge in [0.1, 0.15) is 0 Å². The van der Waals surface area contributed by atoms with Crippen molar-refractivity contribution in [3.63, 3.8) is 0 Å². The van der Waals surface area contributed by atoms with Crippen molar-refractivity contribution < 1.29 is 14.3 Å². The topological polar surface area (TPSA) is 59.6 Å². The highest BCUT2D eigenvalue weighted by Gasteiger charge is 2.20. The highest BCUT2D eigenvalue weighted by atomic mass is 79.9. The van der Waals surface area contributed by atoms with Gasteiger partial charge in [-0.15, -0.1) is 12.4 Å². The first-order valence-corrected chi connectivity index (χ1v) is 7.35. The first-order chi connectivity index (χ1) is 9.63. The fraction of sp³-hybridized carbons (Fsp3) is 0.500. The molecule has 1 saturated carbocycles. The number of carbonyl (C=O) groups is 1. The lowest BCUT2D eigenvalue weighted by atomic mass is 10.2. The normalized spacial score (nSPS) is 13.3. The predicted molar refractivity (Wildman–Crippen MR) is 88.7 cm³/mol. The molecule has 1 amide bonds. The number of anilines is 1. The van der Waals surface area contributed by atoms with Crippen molar-refractivity contribution in [2.45, 2.75) is 12.8 Å². The van der Waals surface area contributed by atoms with E-state index in [1.54, 1.807) is 26.4 Å². The molecule has 0 unspecified atom stereocenters. The lowest BCUT2D eigenvalue weighted by Crippen LogP contribution is -2.29. The van der Waals surface area contributed by atoms with Gasteiger partial charge < -0.3 is 20.1 Å². The Balaban J connectivity index is 0.00000220. The van der Waals surface area contributed by atoms with Crippen LogP contribution in [-0.2, 0) is 4.79 Å². The van der Waals surface area contributed by atoms with Crippen LogP contribution in [0.25, 0.3) is 0 Å². The van der Waals surface area contributed by atoms with Crippen LogP contribution < -0.4 is 20.1 Å². The molecule has 1 aromatic carbocycles. The zero-order chi connectivity index (χ0) is 14.5. The number of hydrogen-bond donors (Lipinski definition) is 2. The maximum absolute atomic E-state index is 11.9. The standard InChI is InChI=1S/C14H19BrN2O3.ClH/c1-19-12-5-10(15)11(6-13(12)20-2)17-14(18)8-16-7-9-3-4-9;/h5-6,9,16H,3-4,7-8H2,1-2H3,(H,17,18);1H. The van der Waals surface area contributed by atoms with E-state index >= 15 is 0 Å². The molecular formula is C14H20BrClN2O3. The minimum atomic E-state index is -0.0708. The predicted octanol–water partition coefficient (Wildman–Crippen LogP) is 2.83. The van der Waals surface area contributed by atoms with E-state index in [2.05, 4.69) is 26.6 Å². The quantitative estimate of drug-likeness (QED) is 0.765. The maximum Gasteiger partial charge on any atom is 0.238 e. The fourth-order valence-corrected chi connectivity index (χ4v) is 2.28. The van der Waals surface area contributed by atoms with Gasteiger partial charge >= 0.3 is 0 Å². The van der Waals surface area contributed by atoms with Gasteiger partial charge in [0, 0.05) is 16.6 Å². The lowest BCUT2D eigenvalue weighted by Gasteiger charge is -2.13. The van der Waals surface area contributed by atoms with Crippen molar-refractivity contribution in [3.05, 3.63) is 16.6 Å². The molecule has 0 atom stereocenters. The zero-order valence-electron chi connectivity index (χ0n) is 12.1. The minimum Gasteiger partial charge on any atom is -0.493 e. The van der Waals surface area contributed by atoms with E-state index in [-0.39, 0.29) is 18.3 Å². The van der Waals surface area contributed by atoms with Gasteiger partial charge in [-0.1, -0.05) is 0 Å². The smallest absolute Gasteiger partial charge is 0.238 e. The summed E-state index contributed by atoms with van der Waals surface area (Å²) in [6.45, 7) is 1.23. The summed E-state index contributed by atoms with van der Waals surface area (Å²) in [6, 6.07) is 3.51. The van der Waals surface area contributed by atoms with Crippen molar-refractivity contribution in [2.24, 2.45) is 5.92 Å². The van der Waals surface area contributed by atoms with Gasteiger partial charge in [-0.05, 0) is 41.2 Å². The molecular weight excluding hydrogens is 360 g/mol. The van der Waals surface area contributed by atoms with E-state index in [1.165, 1.54) is 12.8 Å². The molecule has 7 heteroatoms. The Morgan fingerprint density at radius 1 is 1.29 bits per heavy atom. The van der Waals surface area contributed by atoms with E-state index in [0.717, 1.165) is 16.9 Å². The average Bonchev–Trinajstić information content (AvgIpc) is 3.24. The van der Waals surface area contributed by atoms with Crippen molar-refractivity contribution in [3.8, 4) is 11.5 Å². The highest BCUT2D eigenvalue weighted by molar-refractivity contribution is 9.10. The Bertz CT molecular complexity index is 495. The Morgan fingerprint density at radius 2 is 1.90 bits per heavy atom. The summed E-state index contributed by atoms with van der Waals surface area (Å²) in [5.41, 5.74) is 0.667. The lowest BCUT2D eigenvalue weighted by molar-refractivity contribution is -0.115. The summed E-state index contributed by atoms with van der Waals surface area (Å²) >= 11 is 3.41. The number of rotatable bonds is 7. The summed E-state index contributed by atoms with van der Waals surface area (Å²) in [4.78, 5) is 11.9. The van der Waals surface area contributed by atoms with Crippen molar-refractivity contribution in [2.75, 3.05) is 32.6 Å². The molecule has 1 aliphatic rings. The Kier molecular flexibility index (Phi) is 7.28. The SMILES string of the molecule is COc1cc(Br)c(NC(=O)CNCC2CC2)cc1OC.Cl. The average molecular weight is 380 g/mol. The Hall–Kier alpha value is -0.980.